The van der Waals surface area contributed by atoms with E-state index in [2.05, 4.69) is 5.32 Å². The molecule has 35 heavy (non-hydrogen) atoms. The van der Waals surface area contributed by atoms with Crippen LogP contribution in [0.15, 0.2) is 36.4 Å². The summed E-state index contributed by atoms with van der Waals surface area (Å²) in [6, 6.07) is 7.77. The molecule has 0 unspecified atom stereocenters. The van der Waals surface area contributed by atoms with Crippen LogP contribution in [0.2, 0.25) is 5.02 Å². The molecule has 0 saturated heterocycles. The number of esters is 1. The van der Waals surface area contributed by atoms with Gasteiger partial charge in [-0.3, -0.25) is 19.3 Å². The second-order valence-corrected chi connectivity index (χ2v) is 9.46. The lowest BCUT2D eigenvalue weighted by molar-refractivity contribution is -0.180. The number of likely N-dealkylation sites (N-methyl/N-ethyl adjacent to an activating group) is 1. The Hall–Kier alpha value is -3.01. The van der Waals surface area contributed by atoms with Crippen LogP contribution in [0.5, 0.6) is 5.75 Å². The van der Waals surface area contributed by atoms with Gasteiger partial charge in [-0.25, -0.2) is 4.39 Å². The molecule has 10 heteroatoms. The molecule has 2 aromatic rings. The number of hydrogen-bond donors (Lipinski definition) is 1. The summed E-state index contributed by atoms with van der Waals surface area (Å²) in [4.78, 5) is 38.8. The normalized spacial score (nSPS) is 18.4. The van der Waals surface area contributed by atoms with E-state index in [-0.39, 0.29) is 29.7 Å². The standard InChI is InChI=1S/C25H28ClFN2O6/c1-14(30)15-7-9-20-17(10-15)22(28-24(32)16-6-8-19(27)18(26)11-16)23(25(2,3)35-20)34-13-33-21(31)12-29(4)5/h6-11,22-23H,12-13H2,1-5H3,(H,28,32)/t22-,23+/m1/s1. The molecule has 2 aromatic carbocycles. The minimum absolute atomic E-state index is 0.0736. The number of ketones is 1. The first kappa shape index (κ1) is 26.6. The highest BCUT2D eigenvalue weighted by Crippen LogP contribution is 2.42. The molecular formula is C25H28ClFN2O6. The predicted molar refractivity (Wildman–Crippen MR) is 127 cm³/mol. The first-order valence-electron chi connectivity index (χ1n) is 10.9. The third-order valence-corrected chi connectivity index (χ3v) is 5.78. The first-order chi connectivity index (χ1) is 16.4. The average Bonchev–Trinajstić information content (AvgIpc) is 2.76. The molecule has 3 rings (SSSR count). The van der Waals surface area contributed by atoms with E-state index in [9.17, 15) is 18.8 Å². The lowest BCUT2D eigenvalue weighted by Crippen LogP contribution is -2.55. The van der Waals surface area contributed by atoms with E-state index in [0.717, 1.165) is 6.07 Å². The van der Waals surface area contributed by atoms with Gasteiger partial charge in [0.05, 0.1) is 17.6 Å². The van der Waals surface area contributed by atoms with Gasteiger partial charge in [0.15, 0.2) is 12.6 Å². The number of fused-ring (bicyclic) bond motifs is 1. The molecular weight excluding hydrogens is 479 g/mol. The van der Waals surface area contributed by atoms with Gasteiger partial charge >= 0.3 is 5.97 Å². The molecule has 0 bridgehead atoms. The van der Waals surface area contributed by atoms with Crippen LogP contribution in [0.1, 0.15) is 53.1 Å². The molecule has 2 atom stereocenters. The number of hydrogen-bond acceptors (Lipinski definition) is 7. The van der Waals surface area contributed by atoms with Crippen molar-refractivity contribution in [3.05, 3.63) is 63.9 Å². The zero-order valence-electron chi connectivity index (χ0n) is 20.2. The van der Waals surface area contributed by atoms with E-state index in [1.807, 2.05) is 0 Å². The summed E-state index contributed by atoms with van der Waals surface area (Å²) < 4.78 is 30.9. The van der Waals surface area contributed by atoms with Crippen LogP contribution >= 0.6 is 11.6 Å². The Morgan fingerprint density at radius 1 is 1.14 bits per heavy atom. The van der Waals surface area contributed by atoms with Crippen molar-refractivity contribution in [2.75, 3.05) is 27.4 Å². The van der Waals surface area contributed by atoms with Crippen LogP contribution in [0.25, 0.3) is 0 Å². The molecule has 0 aromatic heterocycles. The average molecular weight is 507 g/mol. The van der Waals surface area contributed by atoms with Crippen LogP contribution in [0, 0.1) is 5.82 Å². The van der Waals surface area contributed by atoms with E-state index in [1.165, 1.54) is 19.1 Å². The van der Waals surface area contributed by atoms with Gasteiger partial charge in [-0.2, -0.15) is 0 Å². The number of rotatable bonds is 8. The zero-order chi connectivity index (χ0) is 25.9. The van der Waals surface area contributed by atoms with Gasteiger partial charge < -0.3 is 19.5 Å². The molecule has 0 spiro atoms. The molecule has 1 heterocycles. The van der Waals surface area contributed by atoms with E-state index in [0.29, 0.717) is 16.9 Å². The minimum Gasteiger partial charge on any atom is -0.485 e. The Balaban J connectivity index is 1.94. The topological polar surface area (TPSA) is 94.2 Å². The lowest BCUT2D eigenvalue weighted by atomic mass is 9.85. The SMILES string of the molecule is CC(=O)c1ccc2c(c1)[C@@H](NC(=O)c1ccc(F)c(Cl)c1)[C@H](OCOC(=O)CN(C)C)C(C)(C)O2. The summed E-state index contributed by atoms with van der Waals surface area (Å²) in [6.07, 6.45) is -0.816. The maximum absolute atomic E-state index is 13.6. The maximum atomic E-state index is 13.6. The molecule has 8 nitrogen and oxygen atoms in total. The Morgan fingerprint density at radius 2 is 1.83 bits per heavy atom. The van der Waals surface area contributed by atoms with Gasteiger partial charge in [0.25, 0.3) is 5.91 Å². The van der Waals surface area contributed by atoms with E-state index >= 15 is 0 Å². The number of Topliss-reactive ketones (excluding diaryl/α,β-unsaturated/α-hetero) is 1. The first-order valence-corrected chi connectivity index (χ1v) is 11.3. The zero-order valence-corrected chi connectivity index (χ0v) is 20.9. The van der Waals surface area contributed by atoms with Crippen LogP contribution in [0.4, 0.5) is 4.39 Å². The molecule has 188 valence electrons. The van der Waals surface area contributed by atoms with Gasteiger partial charge in [0.2, 0.25) is 0 Å². The van der Waals surface area contributed by atoms with Crippen molar-refractivity contribution in [2.24, 2.45) is 0 Å². The van der Waals surface area contributed by atoms with Crippen molar-refractivity contribution in [1.82, 2.24) is 10.2 Å². The second-order valence-electron chi connectivity index (χ2n) is 9.05. The van der Waals surface area contributed by atoms with Crippen LogP contribution in [-0.2, 0) is 14.3 Å². The summed E-state index contributed by atoms with van der Waals surface area (Å²) in [5.41, 5.74) is 0.119. The number of carbonyl (C=O) groups is 3. The molecule has 1 N–H and O–H groups in total. The molecule has 0 fully saturated rings. The molecule has 1 amide bonds. The summed E-state index contributed by atoms with van der Waals surface area (Å²) >= 11 is 5.86. The highest BCUT2D eigenvalue weighted by molar-refractivity contribution is 6.31. The van der Waals surface area contributed by atoms with Crippen LogP contribution in [-0.4, -0.2) is 61.7 Å². The van der Waals surface area contributed by atoms with Gasteiger partial charge in [0.1, 0.15) is 23.3 Å². The second kappa shape index (κ2) is 10.7. The quantitative estimate of drug-likeness (QED) is 0.331. The summed E-state index contributed by atoms with van der Waals surface area (Å²) in [5.74, 6) is -1.36. The number of nitrogens with zero attached hydrogens (tertiary/aromatic N) is 1. The fraction of sp³-hybridized carbons (Fsp3) is 0.400. The Morgan fingerprint density at radius 3 is 2.46 bits per heavy atom. The largest absolute Gasteiger partial charge is 0.485 e. The molecule has 1 aliphatic rings. The number of ether oxygens (including phenoxy) is 3. The van der Waals surface area contributed by atoms with Crippen molar-refractivity contribution < 1.29 is 33.0 Å². The Bertz CT molecular complexity index is 1140. The molecule has 0 saturated carbocycles. The molecule has 0 aliphatic carbocycles. The fourth-order valence-corrected chi connectivity index (χ4v) is 3.98. The van der Waals surface area contributed by atoms with Crippen molar-refractivity contribution in [2.45, 2.75) is 38.5 Å². The monoisotopic (exact) mass is 506 g/mol. The number of carbonyl (C=O) groups excluding carboxylic acids is 3. The van der Waals surface area contributed by atoms with Crippen LogP contribution < -0.4 is 10.1 Å². The highest BCUT2D eigenvalue weighted by Gasteiger charge is 2.46. The van der Waals surface area contributed by atoms with E-state index < -0.39 is 35.4 Å². The Kier molecular flexibility index (Phi) is 8.15. The lowest BCUT2D eigenvalue weighted by Gasteiger charge is -2.44. The highest BCUT2D eigenvalue weighted by atomic mass is 35.5. The smallest absolute Gasteiger partial charge is 0.322 e. The summed E-state index contributed by atoms with van der Waals surface area (Å²) in [5, 5.41) is 2.71. The van der Waals surface area contributed by atoms with Crippen molar-refractivity contribution in [3.63, 3.8) is 0 Å². The fourth-order valence-electron chi connectivity index (χ4n) is 3.80. The molecule has 0 radical (unpaired) electrons. The predicted octanol–water partition coefficient (Wildman–Crippen LogP) is 3.77. The summed E-state index contributed by atoms with van der Waals surface area (Å²) in [7, 11) is 3.47. The van der Waals surface area contributed by atoms with Crippen molar-refractivity contribution in [1.29, 1.82) is 0 Å². The minimum atomic E-state index is -0.961. The van der Waals surface area contributed by atoms with E-state index in [4.69, 9.17) is 25.8 Å². The maximum Gasteiger partial charge on any atom is 0.322 e. The summed E-state index contributed by atoms with van der Waals surface area (Å²) in [6.45, 7) is 4.68. The number of halogens is 2. The van der Waals surface area contributed by atoms with Gasteiger partial charge in [-0.05, 0) is 71.3 Å². The third-order valence-electron chi connectivity index (χ3n) is 5.49. The number of nitrogens with one attached hydrogen (secondary N) is 1. The molecule has 1 aliphatic heterocycles. The van der Waals surface area contributed by atoms with Gasteiger partial charge in [0, 0.05) is 16.7 Å². The Labute approximate surface area is 208 Å². The van der Waals surface area contributed by atoms with Crippen molar-refractivity contribution >= 4 is 29.3 Å². The van der Waals surface area contributed by atoms with Crippen LogP contribution in [0.3, 0.4) is 0 Å². The van der Waals surface area contributed by atoms with E-state index in [1.54, 1.807) is 51.0 Å². The van der Waals surface area contributed by atoms with Crippen molar-refractivity contribution in [3.8, 4) is 5.75 Å². The van der Waals surface area contributed by atoms with Gasteiger partial charge in [-0.15, -0.1) is 0 Å². The number of amides is 1. The van der Waals surface area contributed by atoms with Gasteiger partial charge in [-0.1, -0.05) is 11.6 Å². The number of benzene rings is 2. The third kappa shape index (κ3) is 6.36.